The number of anilines is 6. The molecule has 290 valence electrons. The van der Waals surface area contributed by atoms with Crippen LogP contribution in [-0.2, 0) is 10.8 Å². The average Bonchev–Trinajstić information content (AvgIpc) is 3.83. The molecule has 10 aromatic rings. The molecule has 61 heavy (non-hydrogen) atoms. The van der Waals surface area contributed by atoms with Crippen molar-refractivity contribution in [3.05, 3.63) is 252 Å². The molecule has 0 aliphatic heterocycles. The van der Waals surface area contributed by atoms with E-state index >= 15 is 0 Å². The van der Waals surface area contributed by atoms with Gasteiger partial charge in [0.2, 0.25) is 0 Å². The summed E-state index contributed by atoms with van der Waals surface area (Å²) in [7, 11) is 0. The molecule has 1 heterocycles. The minimum absolute atomic E-state index is 0.147. The molecule has 0 radical (unpaired) electrons. The molecule has 0 unspecified atom stereocenters. The van der Waals surface area contributed by atoms with Crippen LogP contribution in [0.2, 0.25) is 0 Å². The highest BCUT2D eigenvalue weighted by atomic mass is 16.3. The third-order valence-electron chi connectivity index (χ3n) is 13.3. The van der Waals surface area contributed by atoms with Crippen molar-refractivity contribution in [3.63, 3.8) is 0 Å². The fourth-order valence-electron chi connectivity index (χ4n) is 10.6. The highest BCUT2D eigenvalue weighted by molar-refractivity contribution is 6.06. The molecule has 9 aromatic carbocycles. The summed E-state index contributed by atoms with van der Waals surface area (Å²) in [6.45, 7) is 4.76. The van der Waals surface area contributed by atoms with E-state index in [0.29, 0.717) is 0 Å². The van der Waals surface area contributed by atoms with Gasteiger partial charge in [0.05, 0.1) is 5.41 Å². The third kappa shape index (κ3) is 5.17. The quantitative estimate of drug-likeness (QED) is 0.167. The van der Waals surface area contributed by atoms with Gasteiger partial charge in [-0.3, -0.25) is 0 Å². The van der Waals surface area contributed by atoms with Gasteiger partial charge in [-0.25, -0.2) is 0 Å². The lowest BCUT2D eigenvalue weighted by Gasteiger charge is -2.46. The monoisotopic (exact) mass is 782 g/mol. The molecule has 0 saturated carbocycles. The fourth-order valence-corrected chi connectivity index (χ4v) is 10.6. The SMILES string of the molecule is CC1(C)c2ccccc2C2(c3ccccc3-c3cc(N(c4ccc(N(c5ccccc5)c5ccccc5)cc4)c4ccc5oc6ccccc6c5c4)ccc32)c2ccccc21. The van der Waals surface area contributed by atoms with Crippen molar-refractivity contribution in [2.75, 3.05) is 9.80 Å². The first-order valence-electron chi connectivity index (χ1n) is 21.2. The summed E-state index contributed by atoms with van der Waals surface area (Å²) in [6.07, 6.45) is 0. The van der Waals surface area contributed by atoms with Gasteiger partial charge >= 0.3 is 0 Å². The lowest BCUT2D eigenvalue weighted by atomic mass is 9.55. The van der Waals surface area contributed by atoms with E-state index < -0.39 is 5.41 Å². The predicted octanol–water partition coefficient (Wildman–Crippen LogP) is 15.5. The van der Waals surface area contributed by atoms with Crippen LogP contribution in [0, 0.1) is 0 Å². The molecule has 3 nitrogen and oxygen atoms in total. The van der Waals surface area contributed by atoms with Crippen molar-refractivity contribution < 1.29 is 4.42 Å². The molecular weight excluding hydrogens is 741 g/mol. The summed E-state index contributed by atoms with van der Waals surface area (Å²) in [6, 6.07) is 79.6. The number of rotatable bonds is 6. The highest BCUT2D eigenvalue weighted by Crippen LogP contribution is 2.62. The zero-order valence-electron chi connectivity index (χ0n) is 34.1. The molecule has 1 aromatic heterocycles. The Kier molecular flexibility index (Phi) is 7.79. The molecule has 1 spiro atoms. The smallest absolute Gasteiger partial charge is 0.135 e. The zero-order chi connectivity index (χ0) is 40.7. The van der Waals surface area contributed by atoms with Gasteiger partial charge in [-0.15, -0.1) is 0 Å². The number of fused-ring (bicyclic) bond motifs is 12. The standard InChI is InChI=1S/C58H42N2O/c1-57(2)51-24-12-14-26-53(51)58(54-27-15-13-25-52(54)57)49-23-11-9-21-45(49)47-37-43(33-35-50(47)58)60(44-34-36-56-48(38-44)46-22-10-16-28-55(46)61-56)42-31-29-41(30-32-42)59(39-17-5-3-6-18-39)40-19-7-4-8-20-40/h3-38H,1-2H3. The van der Waals surface area contributed by atoms with Gasteiger partial charge in [0.15, 0.2) is 0 Å². The lowest BCUT2D eigenvalue weighted by Crippen LogP contribution is -2.40. The Morgan fingerprint density at radius 2 is 0.738 bits per heavy atom. The van der Waals surface area contributed by atoms with Crippen LogP contribution in [0.25, 0.3) is 33.1 Å². The minimum Gasteiger partial charge on any atom is -0.456 e. The van der Waals surface area contributed by atoms with Crippen LogP contribution < -0.4 is 9.80 Å². The van der Waals surface area contributed by atoms with E-state index in [2.05, 4.69) is 230 Å². The maximum atomic E-state index is 6.34. The number of para-hydroxylation sites is 3. The first-order valence-corrected chi connectivity index (χ1v) is 21.2. The van der Waals surface area contributed by atoms with Crippen LogP contribution in [0.5, 0.6) is 0 Å². The topological polar surface area (TPSA) is 19.6 Å². The molecule has 0 amide bonds. The number of hydrogen-bond acceptors (Lipinski definition) is 3. The van der Waals surface area contributed by atoms with Crippen molar-refractivity contribution in [1.82, 2.24) is 0 Å². The van der Waals surface area contributed by atoms with E-state index in [9.17, 15) is 0 Å². The van der Waals surface area contributed by atoms with Gasteiger partial charge in [0.1, 0.15) is 11.2 Å². The first-order chi connectivity index (χ1) is 30.0. The molecule has 0 fully saturated rings. The Balaban J connectivity index is 1.07. The van der Waals surface area contributed by atoms with E-state index in [1.807, 2.05) is 12.1 Å². The number of hydrogen-bond donors (Lipinski definition) is 0. The average molecular weight is 783 g/mol. The largest absolute Gasteiger partial charge is 0.456 e. The maximum absolute atomic E-state index is 6.34. The summed E-state index contributed by atoms with van der Waals surface area (Å²) >= 11 is 0. The maximum Gasteiger partial charge on any atom is 0.135 e. The van der Waals surface area contributed by atoms with Crippen LogP contribution in [-0.4, -0.2) is 0 Å². The van der Waals surface area contributed by atoms with E-state index in [1.165, 1.54) is 44.5 Å². The van der Waals surface area contributed by atoms with Crippen LogP contribution in [0.4, 0.5) is 34.1 Å². The van der Waals surface area contributed by atoms with Gasteiger partial charge in [-0.1, -0.05) is 147 Å². The third-order valence-corrected chi connectivity index (χ3v) is 13.3. The first kappa shape index (κ1) is 35.3. The van der Waals surface area contributed by atoms with Gasteiger partial charge < -0.3 is 14.2 Å². The number of benzene rings is 9. The Morgan fingerprint density at radius 1 is 0.311 bits per heavy atom. The zero-order valence-corrected chi connectivity index (χ0v) is 34.1. The van der Waals surface area contributed by atoms with Crippen LogP contribution >= 0.6 is 0 Å². The lowest BCUT2D eigenvalue weighted by molar-refractivity contribution is 0.563. The van der Waals surface area contributed by atoms with E-state index in [4.69, 9.17) is 4.42 Å². The van der Waals surface area contributed by atoms with Crippen molar-refractivity contribution in [1.29, 1.82) is 0 Å². The summed E-state index contributed by atoms with van der Waals surface area (Å²) in [4.78, 5) is 4.71. The Labute approximate surface area is 356 Å². The van der Waals surface area contributed by atoms with Crippen molar-refractivity contribution in [2.24, 2.45) is 0 Å². The van der Waals surface area contributed by atoms with Crippen molar-refractivity contribution in [3.8, 4) is 11.1 Å². The molecule has 0 bridgehead atoms. The Hall–Kier alpha value is -7.62. The normalized spacial score (nSPS) is 14.0. The summed E-state index contributed by atoms with van der Waals surface area (Å²) in [5, 5.41) is 2.20. The predicted molar refractivity (Wildman–Crippen MR) is 253 cm³/mol. The van der Waals surface area contributed by atoms with Gasteiger partial charge in [-0.2, -0.15) is 0 Å². The van der Waals surface area contributed by atoms with Gasteiger partial charge in [-0.05, 0) is 129 Å². The number of furan rings is 1. The van der Waals surface area contributed by atoms with E-state index in [0.717, 1.165) is 56.1 Å². The summed E-state index contributed by atoms with van der Waals surface area (Å²) in [5.74, 6) is 0. The van der Waals surface area contributed by atoms with Crippen LogP contribution in [0.1, 0.15) is 47.2 Å². The highest BCUT2D eigenvalue weighted by Gasteiger charge is 2.53. The molecule has 0 saturated heterocycles. The van der Waals surface area contributed by atoms with Gasteiger partial charge in [0, 0.05) is 50.3 Å². The molecular formula is C58H42N2O. The van der Waals surface area contributed by atoms with E-state index in [-0.39, 0.29) is 5.41 Å². The molecule has 0 atom stereocenters. The molecule has 12 rings (SSSR count). The van der Waals surface area contributed by atoms with Crippen molar-refractivity contribution >= 4 is 56.1 Å². The molecule has 2 aliphatic rings. The summed E-state index contributed by atoms with van der Waals surface area (Å²) in [5.41, 5.74) is 18.4. The van der Waals surface area contributed by atoms with Crippen molar-refractivity contribution in [2.45, 2.75) is 24.7 Å². The second kappa shape index (κ2) is 13.5. The second-order valence-electron chi connectivity index (χ2n) is 16.9. The molecule has 3 heteroatoms. The Morgan fingerprint density at radius 3 is 1.38 bits per heavy atom. The van der Waals surface area contributed by atoms with Crippen LogP contribution in [0.15, 0.2) is 223 Å². The van der Waals surface area contributed by atoms with Gasteiger partial charge in [0.25, 0.3) is 0 Å². The summed E-state index contributed by atoms with van der Waals surface area (Å²) < 4.78 is 6.34. The van der Waals surface area contributed by atoms with Crippen LogP contribution in [0.3, 0.4) is 0 Å². The molecule has 2 aliphatic carbocycles. The van der Waals surface area contributed by atoms with E-state index in [1.54, 1.807) is 0 Å². The minimum atomic E-state index is -0.452. The fraction of sp³-hybridized carbons (Fsp3) is 0.0690. The number of nitrogens with zero attached hydrogens (tertiary/aromatic N) is 2. The molecule has 0 N–H and O–H groups in total. The Bertz CT molecular complexity index is 3200. The second-order valence-corrected chi connectivity index (χ2v) is 16.9.